The SMILES string of the molecule is CNC(=O)c1ccc(C(=O)N(C)CC(=O)N2CCCC(C(=O)O)C2)cn1. The van der Waals surface area contributed by atoms with E-state index in [1.807, 2.05) is 0 Å². The normalized spacial score (nSPS) is 16.7. The Labute approximate surface area is 151 Å². The van der Waals surface area contributed by atoms with Crippen molar-refractivity contribution in [2.24, 2.45) is 5.92 Å². The number of carbonyl (C=O) groups is 4. The van der Waals surface area contributed by atoms with Crippen LogP contribution >= 0.6 is 0 Å². The second-order valence-corrected chi connectivity index (χ2v) is 6.19. The fourth-order valence-electron chi connectivity index (χ4n) is 2.78. The zero-order valence-electron chi connectivity index (χ0n) is 14.8. The van der Waals surface area contributed by atoms with E-state index in [-0.39, 0.29) is 36.2 Å². The number of carboxylic acid groups (broad SMARTS) is 1. The van der Waals surface area contributed by atoms with E-state index in [1.54, 1.807) is 0 Å². The third kappa shape index (κ3) is 4.56. The molecule has 2 rings (SSSR count). The lowest BCUT2D eigenvalue weighted by Gasteiger charge is -2.32. The van der Waals surface area contributed by atoms with Crippen molar-refractivity contribution in [3.8, 4) is 0 Å². The van der Waals surface area contributed by atoms with Gasteiger partial charge in [-0.1, -0.05) is 0 Å². The number of piperidine rings is 1. The number of rotatable bonds is 5. The Balaban J connectivity index is 1.96. The van der Waals surface area contributed by atoms with E-state index >= 15 is 0 Å². The molecule has 26 heavy (non-hydrogen) atoms. The maximum atomic E-state index is 12.4. The lowest BCUT2D eigenvalue weighted by Crippen LogP contribution is -2.46. The van der Waals surface area contributed by atoms with Crippen LogP contribution in [0, 0.1) is 5.92 Å². The molecule has 2 heterocycles. The molecular formula is C17H22N4O5. The molecule has 1 fully saturated rings. The second-order valence-electron chi connectivity index (χ2n) is 6.19. The predicted molar refractivity (Wildman–Crippen MR) is 91.5 cm³/mol. The molecule has 0 bridgehead atoms. The molecule has 1 atom stereocenters. The van der Waals surface area contributed by atoms with E-state index in [0.29, 0.717) is 19.4 Å². The van der Waals surface area contributed by atoms with Crippen LogP contribution in [0.3, 0.4) is 0 Å². The monoisotopic (exact) mass is 362 g/mol. The first-order valence-corrected chi connectivity index (χ1v) is 8.27. The number of nitrogens with one attached hydrogen (secondary N) is 1. The van der Waals surface area contributed by atoms with Gasteiger partial charge in [-0.2, -0.15) is 0 Å². The highest BCUT2D eigenvalue weighted by Gasteiger charge is 2.29. The van der Waals surface area contributed by atoms with Crippen LogP contribution in [0.15, 0.2) is 18.3 Å². The lowest BCUT2D eigenvalue weighted by molar-refractivity contribution is -0.145. The first-order valence-electron chi connectivity index (χ1n) is 8.27. The van der Waals surface area contributed by atoms with Crippen LogP contribution in [0.4, 0.5) is 0 Å². The zero-order valence-corrected chi connectivity index (χ0v) is 14.8. The minimum Gasteiger partial charge on any atom is -0.481 e. The molecule has 0 spiro atoms. The number of aromatic nitrogens is 1. The Morgan fingerprint density at radius 1 is 1.35 bits per heavy atom. The van der Waals surface area contributed by atoms with Crippen molar-refractivity contribution in [3.05, 3.63) is 29.6 Å². The zero-order chi connectivity index (χ0) is 19.3. The smallest absolute Gasteiger partial charge is 0.308 e. The van der Waals surface area contributed by atoms with Crippen molar-refractivity contribution in [2.75, 3.05) is 33.7 Å². The number of pyridine rings is 1. The second kappa shape index (κ2) is 8.41. The molecule has 1 aromatic heterocycles. The Morgan fingerprint density at radius 3 is 2.65 bits per heavy atom. The average Bonchev–Trinajstić information content (AvgIpc) is 2.66. The van der Waals surface area contributed by atoms with Gasteiger partial charge in [0.25, 0.3) is 11.8 Å². The van der Waals surface area contributed by atoms with Crippen LogP contribution in [0.2, 0.25) is 0 Å². The van der Waals surface area contributed by atoms with Crippen LogP contribution in [0.1, 0.15) is 33.7 Å². The van der Waals surface area contributed by atoms with Crippen LogP contribution < -0.4 is 5.32 Å². The number of hydrogen-bond acceptors (Lipinski definition) is 5. The Hall–Kier alpha value is -2.97. The highest BCUT2D eigenvalue weighted by Crippen LogP contribution is 2.17. The number of likely N-dealkylation sites (N-methyl/N-ethyl adjacent to an activating group) is 1. The van der Waals surface area contributed by atoms with E-state index in [1.165, 1.54) is 42.2 Å². The molecule has 2 N–H and O–H groups in total. The van der Waals surface area contributed by atoms with Gasteiger partial charge >= 0.3 is 5.97 Å². The quantitative estimate of drug-likeness (QED) is 0.751. The van der Waals surface area contributed by atoms with Gasteiger partial charge in [0.2, 0.25) is 5.91 Å². The van der Waals surface area contributed by atoms with Gasteiger partial charge in [0, 0.05) is 33.4 Å². The van der Waals surface area contributed by atoms with Crippen LogP contribution in [0.25, 0.3) is 0 Å². The molecule has 0 aliphatic carbocycles. The van der Waals surface area contributed by atoms with Gasteiger partial charge in [-0.05, 0) is 25.0 Å². The summed E-state index contributed by atoms with van der Waals surface area (Å²) in [7, 11) is 2.98. The summed E-state index contributed by atoms with van der Waals surface area (Å²) < 4.78 is 0. The highest BCUT2D eigenvalue weighted by atomic mass is 16.4. The fourth-order valence-corrected chi connectivity index (χ4v) is 2.78. The molecule has 1 aromatic rings. The summed E-state index contributed by atoms with van der Waals surface area (Å²) in [6.45, 7) is 0.508. The van der Waals surface area contributed by atoms with Crippen molar-refractivity contribution in [2.45, 2.75) is 12.8 Å². The molecule has 140 valence electrons. The van der Waals surface area contributed by atoms with Crippen molar-refractivity contribution >= 4 is 23.7 Å². The number of nitrogens with zero attached hydrogens (tertiary/aromatic N) is 3. The largest absolute Gasteiger partial charge is 0.481 e. The molecule has 0 radical (unpaired) electrons. The maximum Gasteiger partial charge on any atom is 0.308 e. The number of aliphatic carboxylic acids is 1. The minimum atomic E-state index is -0.908. The van der Waals surface area contributed by atoms with Crippen molar-refractivity contribution in [3.63, 3.8) is 0 Å². The standard InChI is InChI=1S/C17H22N4O5/c1-18-15(23)13-6-5-11(8-19-13)16(24)20(2)10-14(22)21-7-3-4-12(9-21)17(25)26/h5-6,8,12H,3-4,7,9-10H2,1-2H3,(H,18,23)(H,25,26). The van der Waals surface area contributed by atoms with Crippen LogP contribution in [-0.4, -0.2) is 77.3 Å². The number of amides is 3. The molecular weight excluding hydrogens is 340 g/mol. The summed E-state index contributed by atoms with van der Waals surface area (Å²) in [5, 5.41) is 11.5. The van der Waals surface area contributed by atoms with Gasteiger partial charge < -0.3 is 20.2 Å². The first-order chi connectivity index (χ1) is 12.3. The molecule has 1 aliphatic heterocycles. The van der Waals surface area contributed by atoms with E-state index in [2.05, 4.69) is 10.3 Å². The predicted octanol–water partition coefficient (Wildman–Crippen LogP) is -0.164. The number of carboxylic acids is 1. The topological polar surface area (TPSA) is 120 Å². The maximum absolute atomic E-state index is 12.4. The van der Waals surface area contributed by atoms with Crippen molar-refractivity contribution < 1.29 is 24.3 Å². The summed E-state index contributed by atoms with van der Waals surface area (Å²) >= 11 is 0. The van der Waals surface area contributed by atoms with Crippen molar-refractivity contribution in [1.29, 1.82) is 0 Å². The minimum absolute atomic E-state index is 0.150. The Bertz CT molecular complexity index is 704. The Morgan fingerprint density at radius 2 is 2.08 bits per heavy atom. The van der Waals surface area contributed by atoms with E-state index in [0.717, 1.165) is 0 Å². The van der Waals surface area contributed by atoms with Gasteiger partial charge in [0.05, 0.1) is 18.0 Å². The summed E-state index contributed by atoms with van der Waals surface area (Å²) in [6.07, 6.45) is 2.47. The molecule has 1 unspecified atom stereocenters. The fraction of sp³-hybridized carbons (Fsp3) is 0.471. The molecule has 1 saturated heterocycles. The van der Waals surface area contributed by atoms with Gasteiger partial charge in [-0.15, -0.1) is 0 Å². The van der Waals surface area contributed by atoms with Gasteiger partial charge in [0.15, 0.2) is 0 Å². The average molecular weight is 362 g/mol. The molecule has 9 heteroatoms. The van der Waals surface area contributed by atoms with Crippen LogP contribution in [0.5, 0.6) is 0 Å². The van der Waals surface area contributed by atoms with Crippen molar-refractivity contribution in [1.82, 2.24) is 20.1 Å². The number of hydrogen-bond donors (Lipinski definition) is 2. The summed E-state index contributed by atoms with van der Waals surface area (Å²) in [4.78, 5) is 54.0. The van der Waals surface area contributed by atoms with Gasteiger partial charge in [0.1, 0.15) is 5.69 Å². The first kappa shape index (κ1) is 19.4. The molecule has 1 aliphatic rings. The van der Waals surface area contributed by atoms with Crippen LogP contribution in [-0.2, 0) is 9.59 Å². The molecule has 3 amide bonds. The highest BCUT2D eigenvalue weighted by molar-refractivity contribution is 5.97. The van der Waals surface area contributed by atoms with Gasteiger partial charge in [-0.3, -0.25) is 24.2 Å². The lowest BCUT2D eigenvalue weighted by atomic mass is 9.98. The number of likely N-dealkylation sites (tertiary alicyclic amines) is 1. The molecule has 0 saturated carbocycles. The summed E-state index contributed by atoms with van der Waals surface area (Å²) in [5.74, 6) is -2.52. The summed E-state index contributed by atoms with van der Waals surface area (Å²) in [5.41, 5.74) is 0.450. The third-order valence-electron chi connectivity index (χ3n) is 4.31. The Kier molecular flexibility index (Phi) is 6.26. The van der Waals surface area contributed by atoms with Gasteiger partial charge in [-0.25, -0.2) is 0 Å². The van der Waals surface area contributed by atoms with E-state index in [4.69, 9.17) is 5.11 Å². The van der Waals surface area contributed by atoms with E-state index in [9.17, 15) is 19.2 Å². The molecule has 9 nitrogen and oxygen atoms in total. The number of carbonyl (C=O) groups excluding carboxylic acids is 3. The van der Waals surface area contributed by atoms with E-state index < -0.39 is 17.8 Å². The third-order valence-corrected chi connectivity index (χ3v) is 4.31. The summed E-state index contributed by atoms with van der Waals surface area (Å²) in [6, 6.07) is 2.91. The molecule has 0 aromatic carbocycles.